The van der Waals surface area contributed by atoms with Crippen molar-refractivity contribution in [2.45, 2.75) is 26.5 Å². The summed E-state index contributed by atoms with van der Waals surface area (Å²) in [5.41, 5.74) is 1.04. The van der Waals surface area contributed by atoms with E-state index in [4.69, 9.17) is 9.47 Å². The Morgan fingerprint density at radius 3 is 2.85 bits per heavy atom. The van der Waals surface area contributed by atoms with Crippen LogP contribution < -0.4 is 20.1 Å². The number of nitrogens with one attached hydrogen (secondary N) is 2. The molecule has 26 heavy (non-hydrogen) atoms. The molecule has 6 nitrogen and oxygen atoms in total. The first-order valence-electron chi connectivity index (χ1n) is 8.55. The Balaban J connectivity index is 1.79. The number of pyridine rings is 1. The van der Waals surface area contributed by atoms with Crippen LogP contribution in [0.3, 0.4) is 0 Å². The predicted molar refractivity (Wildman–Crippen MR) is 100 cm³/mol. The third-order valence-corrected chi connectivity index (χ3v) is 3.47. The lowest BCUT2D eigenvalue weighted by molar-refractivity contribution is 0.223. The van der Waals surface area contributed by atoms with Gasteiger partial charge in [0, 0.05) is 31.9 Å². The van der Waals surface area contributed by atoms with E-state index >= 15 is 0 Å². The van der Waals surface area contributed by atoms with Gasteiger partial charge in [-0.05, 0) is 37.6 Å². The number of guanidine groups is 1. The highest BCUT2D eigenvalue weighted by Crippen LogP contribution is 2.13. The third kappa shape index (κ3) is 6.58. The largest absolute Gasteiger partial charge is 0.489 e. The second-order valence-electron chi connectivity index (χ2n) is 5.63. The standard InChI is InChI=1S/C19H25FN4O2/c1-4-25-18-10-15(8-9-22-18)13-24-19(21-3)23-12-14(2)26-17-7-5-6-16(20)11-17/h5-11,14H,4,12-13H2,1-3H3,(H2,21,23,24). The van der Waals surface area contributed by atoms with E-state index in [1.54, 1.807) is 25.4 Å². The molecule has 0 fully saturated rings. The fraction of sp³-hybridized carbons (Fsp3) is 0.368. The molecule has 0 bridgehead atoms. The van der Waals surface area contributed by atoms with E-state index in [2.05, 4.69) is 20.6 Å². The van der Waals surface area contributed by atoms with E-state index in [0.29, 0.717) is 37.3 Å². The molecule has 7 heteroatoms. The number of hydrogen-bond donors (Lipinski definition) is 2. The maximum Gasteiger partial charge on any atom is 0.213 e. The van der Waals surface area contributed by atoms with Crippen LogP contribution in [0, 0.1) is 5.82 Å². The molecule has 1 atom stereocenters. The number of benzene rings is 1. The second kappa shape index (κ2) is 10.2. The van der Waals surface area contributed by atoms with Gasteiger partial charge in [-0.15, -0.1) is 0 Å². The van der Waals surface area contributed by atoms with Crippen molar-refractivity contribution in [1.82, 2.24) is 15.6 Å². The summed E-state index contributed by atoms with van der Waals surface area (Å²) in [5.74, 6) is 1.44. The normalized spacial score (nSPS) is 12.4. The molecule has 0 saturated heterocycles. The lowest BCUT2D eigenvalue weighted by atomic mass is 10.2. The van der Waals surface area contributed by atoms with E-state index in [-0.39, 0.29) is 11.9 Å². The lowest BCUT2D eigenvalue weighted by Crippen LogP contribution is -2.41. The Hall–Kier alpha value is -2.83. The fourth-order valence-electron chi connectivity index (χ4n) is 2.25. The van der Waals surface area contributed by atoms with Crippen LogP contribution in [0.15, 0.2) is 47.6 Å². The maximum atomic E-state index is 13.2. The van der Waals surface area contributed by atoms with Crippen molar-refractivity contribution in [2.75, 3.05) is 20.2 Å². The summed E-state index contributed by atoms with van der Waals surface area (Å²) in [5, 5.41) is 6.41. The maximum absolute atomic E-state index is 13.2. The van der Waals surface area contributed by atoms with Gasteiger partial charge >= 0.3 is 0 Å². The van der Waals surface area contributed by atoms with Crippen LogP contribution in [-0.2, 0) is 6.54 Å². The predicted octanol–water partition coefficient (Wildman–Crippen LogP) is 2.75. The van der Waals surface area contributed by atoms with Gasteiger partial charge in [0.1, 0.15) is 17.7 Å². The van der Waals surface area contributed by atoms with E-state index < -0.39 is 0 Å². The molecule has 0 radical (unpaired) electrons. The summed E-state index contributed by atoms with van der Waals surface area (Å²) in [6, 6.07) is 9.90. The first-order valence-corrected chi connectivity index (χ1v) is 8.55. The molecule has 0 saturated carbocycles. The molecular weight excluding hydrogens is 335 g/mol. The van der Waals surface area contributed by atoms with Crippen molar-refractivity contribution in [2.24, 2.45) is 4.99 Å². The third-order valence-electron chi connectivity index (χ3n) is 3.47. The zero-order valence-corrected chi connectivity index (χ0v) is 15.3. The highest BCUT2D eigenvalue weighted by molar-refractivity contribution is 5.79. The number of halogens is 1. The van der Waals surface area contributed by atoms with Gasteiger partial charge < -0.3 is 20.1 Å². The number of aromatic nitrogens is 1. The number of ether oxygens (including phenoxy) is 2. The van der Waals surface area contributed by atoms with Gasteiger partial charge in [-0.3, -0.25) is 4.99 Å². The Bertz CT molecular complexity index is 724. The zero-order valence-electron chi connectivity index (χ0n) is 15.3. The molecule has 0 aliphatic heterocycles. The number of aliphatic imine (C=N–C) groups is 1. The monoisotopic (exact) mass is 360 g/mol. The van der Waals surface area contributed by atoms with Gasteiger partial charge in [-0.1, -0.05) is 6.07 Å². The molecule has 2 rings (SSSR count). The molecule has 0 aliphatic rings. The fourth-order valence-corrected chi connectivity index (χ4v) is 2.25. The summed E-state index contributed by atoms with van der Waals surface area (Å²) in [6.07, 6.45) is 1.56. The molecule has 0 spiro atoms. The number of rotatable bonds is 8. The summed E-state index contributed by atoms with van der Waals surface area (Å²) < 4.78 is 24.3. The minimum Gasteiger partial charge on any atom is -0.489 e. The molecular formula is C19H25FN4O2. The summed E-state index contributed by atoms with van der Waals surface area (Å²) in [6.45, 7) is 5.52. The van der Waals surface area contributed by atoms with Crippen LogP contribution in [-0.4, -0.2) is 37.2 Å². The van der Waals surface area contributed by atoms with E-state index in [9.17, 15) is 4.39 Å². The smallest absolute Gasteiger partial charge is 0.213 e. The summed E-state index contributed by atoms with van der Waals surface area (Å²) in [4.78, 5) is 8.33. The van der Waals surface area contributed by atoms with Crippen LogP contribution >= 0.6 is 0 Å². The quantitative estimate of drug-likeness (QED) is 0.560. The average molecular weight is 360 g/mol. The minimum absolute atomic E-state index is 0.152. The van der Waals surface area contributed by atoms with Crippen molar-refractivity contribution in [1.29, 1.82) is 0 Å². The molecule has 1 aromatic carbocycles. The van der Waals surface area contributed by atoms with E-state index in [0.717, 1.165) is 5.56 Å². The Morgan fingerprint density at radius 2 is 2.12 bits per heavy atom. The summed E-state index contributed by atoms with van der Waals surface area (Å²) >= 11 is 0. The van der Waals surface area contributed by atoms with Crippen molar-refractivity contribution in [3.63, 3.8) is 0 Å². The summed E-state index contributed by atoms with van der Waals surface area (Å²) in [7, 11) is 1.70. The molecule has 2 N–H and O–H groups in total. The number of hydrogen-bond acceptors (Lipinski definition) is 4. The van der Waals surface area contributed by atoms with Gasteiger partial charge in [-0.2, -0.15) is 0 Å². The van der Waals surface area contributed by atoms with Crippen LogP contribution in [0.2, 0.25) is 0 Å². The highest BCUT2D eigenvalue weighted by atomic mass is 19.1. The Labute approximate surface area is 153 Å². The first-order chi connectivity index (χ1) is 12.6. The molecule has 140 valence electrons. The molecule has 1 heterocycles. The SMILES string of the molecule is CCOc1cc(CNC(=NC)NCC(C)Oc2cccc(F)c2)ccn1. The van der Waals surface area contributed by atoms with Crippen molar-refractivity contribution in [3.05, 3.63) is 54.0 Å². The first kappa shape index (κ1) is 19.5. The molecule has 2 aromatic rings. The van der Waals surface area contributed by atoms with Gasteiger partial charge in [-0.25, -0.2) is 9.37 Å². The highest BCUT2D eigenvalue weighted by Gasteiger charge is 2.07. The van der Waals surface area contributed by atoms with Gasteiger partial charge in [0.15, 0.2) is 5.96 Å². The second-order valence-corrected chi connectivity index (χ2v) is 5.63. The van der Waals surface area contributed by atoms with Crippen LogP contribution in [0.4, 0.5) is 4.39 Å². The van der Waals surface area contributed by atoms with Crippen molar-refractivity contribution < 1.29 is 13.9 Å². The topological polar surface area (TPSA) is 67.8 Å². The zero-order chi connectivity index (χ0) is 18.8. The van der Waals surface area contributed by atoms with E-state index in [1.807, 2.05) is 26.0 Å². The van der Waals surface area contributed by atoms with Gasteiger partial charge in [0.05, 0.1) is 13.2 Å². The van der Waals surface area contributed by atoms with Crippen molar-refractivity contribution >= 4 is 5.96 Å². The minimum atomic E-state index is -0.316. The molecule has 0 amide bonds. The molecule has 0 aliphatic carbocycles. The van der Waals surface area contributed by atoms with Gasteiger partial charge in [0.25, 0.3) is 0 Å². The number of nitrogens with zero attached hydrogens (tertiary/aromatic N) is 2. The Kier molecular flexibility index (Phi) is 7.67. The van der Waals surface area contributed by atoms with E-state index in [1.165, 1.54) is 12.1 Å². The molecule has 1 aromatic heterocycles. The van der Waals surface area contributed by atoms with Gasteiger partial charge in [0.2, 0.25) is 5.88 Å². The Morgan fingerprint density at radius 1 is 1.27 bits per heavy atom. The van der Waals surface area contributed by atoms with Crippen LogP contribution in [0.25, 0.3) is 0 Å². The average Bonchev–Trinajstić information content (AvgIpc) is 2.62. The van der Waals surface area contributed by atoms with Crippen molar-refractivity contribution in [3.8, 4) is 11.6 Å². The van der Waals surface area contributed by atoms with Crippen LogP contribution in [0.1, 0.15) is 19.4 Å². The van der Waals surface area contributed by atoms with Crippen LogP contribution in [0.5, 0.6) is 11.6 Å². The molecule has 1 unspecified atom stereocenters. The lowest BCUT2D eigenvalue weighted by Gasteiger charge is -2.18.